The summed E-state index contributed by atoms with van der Waals surface area (Å²) in [5.41, 5.74) is 5.23. The molecule has 1 saturated carbocycles. The number of aromatic nitrogens is 1. The van der Waals surface area contributed by atoms with Crippen molar-refractivity contribution in [2.75, 3.05) is 13.1 Å². The van der Waals surface area contributed by atoms with Gasteiger partial charge in [0.1, 0.15) is 0 Å². The lowest BCUT2D eigenvalue weighted by Crippen LogP contribution is -2.26. The average Bonchev–Trinajstić information content (AvgIpc) is 2.95. The van der Waals surface area contributed by atoms with Gasteiger partial charge < -0.3 is 4.57 Å². The van der Waals surface area contributed by atoms with Gasteiger partial charge in [-0.05, 0) is 37.4 Å². The van der Waals surface area contributed by atoms with Crippen LogP contribution in [0.3, 0.4) is 0 Å². The van der Waals surface area contributed by atoms with E-state index < -0.39 is 0 Å². The Morgan fingerprint density at radius 3 is 2.61 bits per heavy atom. The van der Waals surface area contributed by atoms with Crippen molar-refractivity contribution in [3.63, 3.8) is 0 Å². The van der Waals surface area contributed by atoms with E-state index in [-0.39, 0.29) is 5.41 Å². The summed E-state index contributed by atoms with van der Waals surface area (Å²) < 4.78 is 2.75. The maximum absolute atomic E-state index is 2.75. The van der Waals surface area contributed by atoms with Crippen LogP contribution in [0.4, 0.5) is 0 Å². The lowest BCUT2D eigenvalue weighted by atomic mass is 9.91. The summed E-state index contributed by atoms with van der Waals surface area (Å²) in [6, 6.07) is 3.35. The Bertz CT molecular complexity index is 488. The molecule has 2 unspecified atom stereocenters. The molecular formula is C16H24N2. The van der Waals surface area contributed by atoms with Crippen molar-refractivity contribution < 1.29 is 0 Å². The topological polar surface area (TPSA) is 8.17 Å². The molecule has 3 heterocycles. The third-order valence-corrected chi connectivity index (χ3v) is 4.89. The second-order valence-electron chi connectivity index (χ2n) is 7.51. The van der Waals surface area contributed by atoms with Gasteiger partial charge in [0.15, 0.2) is 0 Å². The summed E-state index contributed by atoms with van der Waals surface area (Å²) in [5, 5.41) is 0. The molecule has 1 aliphatic carbocycles. The van der Waals surface area contributed by atoms with Crippen LogP contribution >= 0.6 is 0 Å². The van der Waals surface area contributed by atoms with Crippen LogP contribution < -0.4 is 0 Å². The molecule has 0 amide bonds. The van der Waals surface area contributed by atoms with Crippen molar-refractivity contribution in [3.05, 3.63) is 23.0 Å². The molecule has 2 aliphatic heterocycles. The standard InChI is InChI=1S/C16H24N2/c1-16(2,3)14-8-12-10-17-7-6-11(9-17)15(12)18(14)13-4-5-13/h8,11,13H,4-7,9-10H2,1-3H3. The Morgan fingerprint density at radius 2 is 1.94 bits per heavy atom. The molecule has 1 aromatic rings. The number of rotatable bonds is 1. The van der Waals surface area contributed by atoms with E-state index >= 15 is 0 Å². The summed E-state index contributed by atoms with van der Waals surface area (Å²) in [6.07, 6.45) is 4.19. The summed E-state index contributed by atoms with van der Waals surface area (Å²) >= 11 is 0. The van der Waals surface area contributed by atoms with Crippen molar-refractivity contribution in [2.45, 2.75) is 64.0 Å². The zero-order chi connectivity index (χ0) is 12.5. The molecule has 1 saturated heterocycles. The lowest BCUT2D eigenvalue weighted by molar-refractivity contribution is 0.310. The van der Waals surface area contributed by atoms with Gasteiger partial charge in [0.2, 0.25) is 0 Å². The second kappa shape index (κ2) is 3.41. The van der Waals surface area contributed by atoms with Crippen molar-refractivity contribution in [1.82, 2.24) is 9.47 Å². The van der Waals surface area contributed by atoms with Gasteiger partial charge in [0.25, 0.3) is 0 Å². The largest absolute Gasteiger partial charge is 0.344 e. The van der Waals surface area contributed by atoms with E-state index in [1.165, 1.54) is 38.9 Å². The van der Waals surface area contributed by atoms with Gasteiger partial charge >= 0.3 is 0 Å². The van der Waals surface area contributed by atoms with Crippen LogP contribution in [0.2, 0.25) is 0 Å². The van der Waals surface area contributed by atoms with Crippen LogP contribution in [0, 0.1) is 0 Å². The third kappa shape index (κ3) is 1.51. The van der Waals surface area contributed by atoms with Gasteiger partial charge in [-0.3, -0.25) is 4.90 Å². The van der Waals surface area contributed by atoms with Gasteiger partial charge in [-0.15, -0.1) is 0 Å². The minimum absolute atomic E-state index is 0.286. The van der Waals surface area contributed by atoms with Crippen LogP contribution in [-0.4, -0.2) is 22.6 Å². The molecule has 1 aromatic heterocycles. The van der Waals surface area contributed by atoms with E-state index in [0.29, 0.717) is 0 Å². The maximum atomic E-state index is 2.75. The van der Waals surface area contributed by atoms with E-state index in [1.54, 1.807) is 17.0 Å². The predicted octanol–water partition coefficient (Wildman–Crippen LogP) is 3.42. The van der Waals surface area contributed by atoms with Gasteiger partial charge in [-0.2, -0.15) is 0 Å². The van der Waals surface area contributed by atoms with Crippen LogP contribution in [0.15, 0.2) is 6.07 Å². The highest BCUT2D eigenvalue weighted by Gasteiger charge is 2.40. The SMILES string of the molecule is CC(C)(C)c1cc2c(n1C1CC1)C1CCN(C2)C1. The van der Waals surface area contributed by atoms with Crippen molar-refractivity contribution >= 4 is 0 Å². The number of hydrogen-bond acceptors (Lipinski definition) is 1. The van der Waals surface area contributed by atoms with Gasteiger partial charge in [0.05, 0.1) is 0 Å². The molecule has 3 aliphatic rings. The Labute approximate surface area is 110 Å². The second-order valence-corrected chi connectivity index (χ2v) is 7.51. The van der Waals surface area contributed by atoms with Gasteiger partial charge in [-0.1, -0.05) is 20.8 Å². The molecule has 18 heavy (non-hydrogen) atoms. The summed E-state index contributed by atoms with van der Waals surface area (Å²) in [4.78, 5) is 2.64. The molecule has 98 valence electrons. The molecule has 2 nitrogen and oxygen atoms in total. The summed E-state index contributed by atoms with van der Waals surface area (Å²) in [5.74, 6) is 0.824. The zero-order valence-corrected chi connectivity index (χ0v) is 11.9. The predicted molar refractivity (Wildman–Crippen MR) is 74.0 cm³/mol. The van der Waals surface area contributed by atoms with Crippen LogP contribution in [-0.2, 0) is 12.0 Å². The molecular weight excluding hydrogens is 220 g/mol. The van der Waals surface area contributed by atoms with Crippen molar-refractivity contribution in [3.8, 4) is 0 Å². The van der Waals surface area contributed by atoms with Gasteiger partial charge in [-0.25, -0.2) is 0 Å². The quantitative estimate of drug-likeness (QED) is 0.735. The zero-order valence-electron chi connectivity index (χ0n) is 11.9. The number of hydrogen-bond donors (Lipinski definition) is 0. The van der Waals surface area contributed by atoms with Gasteiger partial charge in [0, 0.05) is 41.9 Å². The first-order valence-corrected chi connectivity index (χ1v) is 7.51. The van der Waals surface area contributed by atoms with E-state index in [1.807, 2.05) is 0 Å². The minimum Gasteiger partial charge on any atom is -0.344 e. The minimum atomic E-state index is 0.286. The lowest BCUT2D eigenvalue weighted by Gasteiger charge is -2.27. The van der Waals surface area contributed by atoms with Crippen LogP contribution in [0.25, 0.3) is 0 Å². The average molecular weight is 244 g/mol. The highest BCUT2D eigenvalue weighted by molar-refractivity contribution is 5.38. The maximum Gasteiger partial charge on any atom is 0.0338 e. The number of fused-ring (bicyclic) bond motifs is 4. The van der Waals surface area contributed by atoms with E-state index in [4.69, 9.17) is 0 Å². The fourth-order valence-corrected chi connectivity index (χ4v) is 3.92. The summed E-state index contributed by atoms with van der Waals surface area (Å²) in [6.45, 7) is 10.9. The Morgan fingerprint density at radius 1 is 1.17 bits per heavy atom. The van der Waals surface area contributed by atoms with Crippen molar-refractivity contribution in [2.24, 2.45) is 0 Å². The first-order valence-electron chi connectivity index (χ1n) is 7.51. The molecule has 0 radical (unpaired) electrons. The molecule has 4 rings (SSSR count). The Hall–Kier alpha value is -0.760. The normalized spacial score (nSPS) is 30.6. The molecule has 2 heteroatoms. The first-order chi connectivity index (χ1) is 8.54. The van der Waals surface area contributed by atoms with Crippen LogP contribution in [0.1, 0.15) is 68.9 Å². The fraction of sp³-hybridized carbons (Fsp3) is 0.750. The van der Waals surface area contributed by atoms with E-state index in [9.17, 15) is 0 Å². The first kappa shape index (κ1) is 11.1. The summed E-state index contributed by atoms with van der Waals surface area (Å²) in [7, 11) is 0. The smallest absolute Gasteiger partial charge is 0.0338 e. The molecule has 0 N–H and O–H groups in total. The molecule has 0 spiro atoms. The number of nitrogens with zero attached hydrogens (tertiary/aromatic N) is 2. The van der Waals surface area contributed by atoms with Crippen LogP contribution in [0.5, 0.6) is 0 Å². The molecule has 0 aromatic carbocycles. The highest BCUT2D eigenvalue weighted by Crippen LogP contribution is 2.47. The van der Waals surface area contributed by atoms with E-state index in [2.05, 4.69) is 36.3 Å². The monoisotopic (exact) mass is 244 g/mol. The van der Waals surface area contributed by atoms with E-state index in [0.717, 1.165) is 12.0 Å². The molecule has 2 fully saturated rings. The van der Waals surface area contributed by atoms with Crippen molar-refractivity contribution in [1.29, 1.82) is 0 Å². The fourth-order valence-electron chi connectivity index (χ4n) is 3.92. The molecule has 2 atom stereocenters. The Balaban J connectivity index is 1.89. The Kier molecular flexibility index (Phi) is 2.10. The highest BCUT2D eigenvalue weighted by atomic mass is 15.2. The third-order valence-electron chi connectivity index (χ3n) is 4.89. The molecule has 2 bridgehead atoms.